The van der Waals surface area contributed by atoms with Crippen LogP contribution in [0, 0.1) is 0 Å². The SMILES string of the molecule is OCCCCNc1ccc(OC(F)(F)F)cc1. The standard InChI is InChI=1S/C11H14F3NO2/c12-11(13,14)17-10-5-3-9(4-6-10)15-7-1-2-8-16/h3-6,15-16H,1-2,7-8H2. The van der Waals surface area contributed by atoms with Crippen molar-refractivity contribution in [1.29, 1.82) is 0 Å². The van der Waals surface area contributed by atoms with Crippen LogP contribution in [0.15, 0.2) is 24.3 Å². The Kier molecular flexibility index (Phi) is 5.09. The van der Waals surface area contributed by atoms with Gasteiger partial charge in [0.2, 0.25) is 0 Å². The molecule has 0 aliphatic carbocycles. The van der Waals surface area contributed by atoms with E-state index in [1.54, 1.807) is 0 Å². The number of ether oxygens (including phenoxy) is 1. The topological polar surface area (TPSA) is 41.5 Å². The second-order valence-electron chi connectivity index (χ2n) is 3.43. The molecule has 2 N–H and O–H groups in total. The number of aliphatic hydroxyl groups excluding tert-OH is 1. The maximum Gasteiger partial charge on any atom is 0.573 e. The summed E-state index contributed by atoms with van der Waals surface area (Å²) in [6.07, 6.45) is -3.16. The first-order valence-electron chi connectivity index (χ1n) is 5.22. The normalized spacial score (nSPS) is 11.3. The average molecular weight is 249 g/mol. The number of nitrogens with one attached hydrogen (secondary N) is 1. The minimum Gasteiger partial charge on any atom is -0.406 e. The summed E-state index contributed by atoms with van der Waals surface area (Å²) in [5.41, 5.74) is 0.720. The van der Waals surface area contributed by atoms with Gasteiger partial charge in [-0.25, -0.2) is 0 Å². The molecule has 1 aromatic rings. The molecule has 96 valence electrons. The van der Waals surface area contributed by atoms with E-state index >= 15 is 0 Å². The molecular formula is C11H14F3NO2. The minimum atomic E-state index is -4.66. The molecule has 17 heavy (non-hydrogen) atoms. The van der Waals surface area contributed by atoms with Crippen molar-refractivity contribution < 1.29 is 23.0 Å². The zero-order valence-electron chi connectivity index (χ0n) is 9.13. The number of rotatable bonds is 6. The summed E-state index contributed by atoms with van der Waals surface area (Å²) in [6, 6.07) is 5.53. The first-order chi connectivity index (χ1) is 8.01. The summed E-state index contributed by atoms with van der Waals surface area (Å²) in [5.74, 6) is -0.238. The molecular weight excluding hydrogens is 235 g/mol. The third-order valence-electron chi connectivity index (χ3n) is 2.00. The second-order valence-corrected chi connectivity index (χ2v) is 3.43. The monoisotopic (exact) mass is 249 g/mol. The molecule has 1 rings (SSSR count). The van der Waals surface area contributed by atoms with Crippen LogP contribution in [0.5, 0.6) is 5.75 Å². The lowest BCUT2D eigenvalue weighted by molar-refractivity contribution is -0.274. The molecule has 0 amide bonds. The highest BCUT2D eigenvalue weighted by Gasteiger charge is 2.30. The Hall–Kier alpha value is -1.43. The maximum atomic E-state index is 11.9. The van der Waals surface area contributed by atoms with Crippen LogP contribution in [0.25, 0.3) is 0 Å². The van der Waals surface area contributed by atoms with E-state index in [0.29, 0.717) is 13.0 Å². The molecule has 0 atom stereocenters. The number of hydrogen-bond acceptors (Lipinski definition) is 3. The molecule has 0 radical (unpaired) electrons. The summed E-state index contributed by atoms with van der Waals surface area (Å²) in [5, 5.41) is 11.6. The van der Waals surface area contributed by atoms with Gasteiger partial charge in [0.1, 0.15) is 5.75 Å². The molecule has 0 fully saturated rings. The van der Waals surface area contributed by atoms with Gasteiger partial charge in [0, 0.05) is 18.8 Å². The first-order valence-corrected chi connectivity index (χ1v) is 5.22. The third-order valence-corrected chi connectivity index (χ3v) is 2.00. The van der Waals surface area contributed by atoms with Crippen molar-refractivity contribution in [3.05, 3.63) is 24.3 Å². The highest BCUT2D eigenvalue weighted by atomic mass is 19.4. The summed E-state index contributed by atoms with van der Waals surface area (Å²) < 4.78 is 39.3. The zero-order valence-corrected chi connectivity index (χ0v) is 9.13. The lowest BCUT2D eigenvalue weighted by Gasteiger charge is -2.10. The van der Waals surface area contributed by atoms with Gasteiger partial charge in [-0.05, 0) is 37.1 Å². The third kappa shape index (κ3) is 6.01. The van der Waals surface area contributed by atoms with E-state index < -0.39 is 6.36 Å². The van der Waals surface area contributed by atoms with Crippen LogP contribution in [-0.2, 0) is 0 Å². The lowest BCUT2D eigenvalue weighted by Crippen LogP contribution is -2.17. The number of halogens is 3. The summed E-state index contributed by atoms with van der Waals surface area (Å²) in [6.45, 7) is 0.806. The van der Waals surface area contributed by atoms with E-state index in [1.807, 2.05) is 0 Å². The van der Waals surface area contributed by atoms with Crippen molar-refractivity contribution >= 4 is 5.69 Å². The molecule has 0 spiro atoms. The van der Waals surface area contributed by atoms with Crippen LogP contribution in [0.1, 0.15) is 12.8 Å². The number of alkyl halides is 3. The zero-order chi connectivity index (χ0) is 12.7. The fourth-order valence-electron chi connectivity index (χ4n) is 1.24. The summed E-state index contributed by atoms with van der Waals surface area (Å²) in [7, 11) is 0. The van der Waals surface area contributed by atoms with Gasteiger partial charge < -0.3 is 15.2 Å². The highest BCUT2D eigenvalue weighted by Crippen LogP contribution is 2.23. The molecule has 0 bridgehead atoms. The Bertz CT molecular complexity index is 324. The van der Waals surface area contributed by atoms with Crippen LogP contribution < -0.4 is 10.1 Å². The van der Waals surface area contributed by atoms with Crippen LogP contribution >= 0.6 is 0 Å². The number of aliphatic hydroxyl groups is 1. The van der Waals surface area contributed by atoms with Crippen LogP contribution in [0.2, 0.25) is 0 Å². The molecule has 0 saturated carbocycles. The predicted molar refractivity (Wildman–Crippen MR) is 57.9 cm³/mol. The molecule has 0 saturated heterocycles. The van der Waals surface area contributed by atoms with Gasteiger partial charge >= 0.3 is 6.36 Å². The second kappa shape index (κ2) is 6.34. The predicted octanol–water partition coefficient (Wildman–Crippen LogP) is 2.77. The van der Waals surface area contributed by atoms with Crippen molar-refractivity contribution in [2.75, 3.05) is 18.5 Å². The maximum absolute atomic E-state index is 11.9. The Morgan fingerprint density at radius 3 is 2.29 bits per heavy atom. The quantitative estimate of drug-likeness (QED) is 0.762. The molecule has 0 aromatic heterocycles. The van der Waals surface area contributed by atoms with Crippen molar-refractivity contribution in [1.82, 2.24) is 0 Å². The molecule has 0 heterocycles. The fraction of sp³-hybridized carbons (Fsp3) is 0.455. The van der Waals surface area contributed by atoms with E-state index in [2.05, 4.69) is 10.1 Å². The Labute approximate surface area is 97.2 Å². The van der Waals surface area contributed by atoms with Gasteiger partial charge in [-0.15, -0.1) is 13.2 Å². The minimum absolute atomic E-state index is 0.139. The van der Waals surface area contributed by atoms with E-state index in [1.165, 1.54) is 24.3 Å². The van der Waals surface area contributed by atoms with Crippen LogP contribution in [0.4, 0.5) is 18.9 Å². The number of anilines is 1. The Balaban J connectivity index is 2.39. The molecule has 1 aromatic carbocycles. The van der Waals surface area contributed by atoms with E-state index in [9.17, 15) is 13.2 Å². The van der Waals surface area contributed by atoms with E-state index in [0.717, 1.165) is 12.1 Å². The Morgan fingerprint density at radius 1 is 1.12 bits per heavy atom. The van der Waals surface area contributed by atoms with Gasteiger partial charge in [-0.2, -0.15) is 0 Å². The number of unbranched alkanes of at least 4 members (excludes halogenated alkanes) is 1. The van der Waals surface area contributed by atoms with E-state index in [4.69, 9.17) is 5.11 Å². The summed E-state index contributed by atoms with van der Waals surface area (Å²) >= 11 is 0. The van der Waals surface area contributed by atoms with Gasteiger partial charge in [0.05, 0.1) is 0 Å². The van der Waals surface area contributed by atoms with Crippen LogP contribution in [0.3, 0.4) is 0 Å². The van der Waals surface area contributed by atoms with Crippen molar-refractivity contribution in [3.8, 4) is 5.75 Å². The van der Waals surface area contributed by atoms with Crippen LogP contribution in [-0.4, -0.2) is 24.6 Å². The van der Waals surface area contributed by atoms with E-state index in [-0.39, 0.29) is 12.4 Å². The molecule has 6 heteroatoms. The fourth-order valence-corrected chi connectivity index (χ4v) is 1.24. The van der Waals surface area contributed by atoms with Crippen molar-refractivity contribution in [3.63, 3.8) is 0 Å². The largest absolute Gasteiger partial charge is 0.573 e. The van der Waals surface area contributed by atoms with Gasteiger partial charge in [0.25, 0.3) is 0 Å². The molecule has 0 unspecified atom stereocenters. The molecule has 0 aliphatic heterocycles. The van der Waals surface area contributed by atoms with Gasteiger partial charge in [-0.1, -0.05) is 0 Å². The summed E-state index contributed by atoms with van der Waals surface area (Å²) in [4.78, 5) is 0. The molecule has 3 nitrogen and oxygen atoms in total. The average Bonchev–Trinajstić information content (AvgIpc) is 2.25. The Morgan fingerprint density at radius 2 is 1.76 bits per heavy atom. The van der Waals surface area contributed by atoms with Gasteiger partial charge in [-0.3, -0.25) is 0 Å². The number of benzene rings is 1. The first kappa shape index (κ1) is 13.6. The number of hydrogen-bond donors (Lipinski definition) is 2. The van der Waals surface area contributed by atoms with Crippen molar-refractivity contribution in [2.24, 2.45) is 0 Å². The highest BCUT2D eigenvalue weighted by molar-refractivity contribution is 5.46. The lowest BCUT2D eigenvalue weighted by atomic mass is 10.3. The molecule has 0 aliphatic rings. The van der Waals surface area contributed by atoms with Crippen molar-refractivity contribution in [2.45, 2.75) is 19.2 Å². The smallest absolute Gasteiger partial charge is 0.406 e. The van der Waals surface area contributed by atoms with Gasteiger partial charge in [0.15, 0.2) is 0 Å².